The zero-order valence-electron chi connectivity index (χ0n) is 9.49. The van der Waals surface area contributed by atoms with Crippen LogP contribution in [0.2, 0.25) is 0 Å². The zero-order chi connectivity index (χ0) is 11.8. The number of ether oxygens (including phenoxy) is 1. The molecule has 2 N–H and O–H groups in total. The molecule has 0 heterocycles. The van der Waals surface area contributed by atoms with Crippen molar-refractivity contribution in [3.63, 3.8) is 0 Å². The fourth-order valence-corrected chi connectivity index (χ4v) is 1.18. The summed E-state index contributed by atoms with van der Waals surface area (Å²) >= 11 is 0. The molecule has 0 unspecified atom stereocenters. The van der Waals surface area contributed by atoms with E-state index in [0.29, 0.717) is 6.42 Å². The molecule has 0 radical (unpaired) electrons. The number of hydrazine groups is 1. The summed E-state index contributed by atoms with van der Waals surface area (Å²) < 4.78 is 5.03. The van der Waals surface area contributed by atoms with Gasteiger partial charge in [0.15, 0.2) is 0 Å². The number of amides is 1. The van der Waals surface area contributed by atoms with Gasteiger partial charge in [-0.15, -0.1) is 0 Å². The molecule has 16 heavy (non-hydrogen) atoms. The highest BCUT2D eigenvalue weighted by Crippen LogP contribution is 2.11. The van der Waals surface area contributed by atoms with Gasteiger partial charge in [0.2, 0.25) is 5.91 Å². The molecule has 0 fully saturated rings. The third kappa shape index (κ3) is 4.04. The highest BCUT2D eigenvalue weighted by molar-refractivity contribution is 5.78. The molecule has 0 aliphatic carbocycles. The van der Waals surface area contributed by atoms with Crippen molar-refractivity contribution in [2.45, 2.75) is 13.3 Å². The maximum absolute atomic E-state index is 11.4. The minimum absolute atomic E-state index is 0.0803. The van der Waals surface area contributed by atoms with Gasteiger partial charge in [0.05, 0.1) is 13.5 Å². The number of hydrogen-bond acceptors (Lipinski definition) is 3. The van der Waals surface area contributed by atoms with Crippen LogP contribution in [0, 0.1) is 0 Å². The van der Waals surface area contributed by atoms with E-state index in [9.17, 15) is 4.79 Å². The second-order valence-electron chi connectivity index (χ2n) is 3.22. The molecule has 0 saturated heterocycles. The lowest BCUT2D eigenvalue weighted by Crippen LogP contribution is -2.34. The first-order valence-electron chi connectivity index (χ1n) is 5.04. The van der Waals surface area contributed by atoms with Gasteiger partial charge in [0.1, 0.15) is 5.75 Å². The Morgan fingerprint density at radius 2 is 2.06 bits per heavy atom. The molecule has 0 spiro atoms. The van der Waals surface area contributed by atoms with Crippen molar-refractivity contribution in [1.82, 2.24) is 10.9 Å². The number of nitrogens with one attached hydrogen (secondary N) is 2. The van der Waals surface area contributed by atoms with E-state index in [4.69, 9.17) is 4.74 Å². The molecule has 0 aromatic heterocycles. The molecule has 4 heteroatoms. The molecule has 4 nitrogen and oxygen atoms in total. The predicted molar refractivity (Wildman–Crippen MR) is 62.8 cm³/mol. The van der Waals surface area contributed by atoms with Gasteiger partial charge < -0.3 is 10.2 Å². The first-order chi connectivity index (χ1) is 7.76. The highest BCUT2D eigenvalue weighted by Gasteiger charge is 2.01. The van der Waals surface area contributed by atoms with Gasteiger partial charge in [0.25, 0.3) is 0 Å². The number of hydrogen-bond donors (Lipinski definition) is 2. The van der Waals surface area contributed by atoms with Crippen LogP contribution in [-0.2, 0) is 11.2 Å². The van der Waals surface area contributed by atoms with Crippen LogP contribution in [0.3, 0.4) is 0 Å². The Bertz CT molecular complexity index is 358. The monoisotopic (exact) mass is 220 g/mol. The van der Waals surface area contributed by atoms with Gasteiger partial charge in [-0.05, 0) is 24.6 Å². The molecule has 0 aliphatic heterocycles. The zero-order valence-corrected chi connectivity index (χ0v) is 9.49. The smallest absolute Gasteiger partial charge is 0.242 e. The Morgan fingerprint density at radius 1 is 1.38 bits per heavy atom. The van der Waals surface area contributed by atoms with Gasteiger partial charge in [0, 0.05) is 6.20 Å². The van der Waals surface area contributed by atoms with E-state index in [1.165, 1.54) is 0 Å². The van der Waals surface area contributed by atoms with E-state index in [2.05, 4.69) is 10.9 Å². The fraction of sp³-hybridized carbons (Fsp3) is 0.250. The van der Waals surface area contributed by atoms with Crippen molar-refractivity contribution < 1.29 is 9.53 Å². The normalized spacial score (nSPS) is 10.1. The van der Waals surface area contributed by atoms with Crippen molar-refractivity contribution in [1.29, 1.82) is 0 Å². The molecule has 1 aromatic carbocycles. The number of carbonyl (C=O) groups is 1. The average molecular weight is 220 g/mol. The van der Waals surface area contributed by atoms with Crippen LogP contribution in [0.5, 0.6) is 5.75 Å². The molecule has 0 aliphatic rings. The maximum Gasteiger partial charge on any atom is 0.242 e. The molecule has 86 valence electrons. The number of carbonyl (C=O) groups excluding carboxylic acids is 1. The summed E-state index contributed by atoms with van der Waals surface area (Å²) in [4.78, 5) is 11.4. The van der Waals surface area contributed by atoms with Crippen molar-refractivity contribution >= 4 is 5.91 Å². The van der Waals surface area contributed by atoms with Crippen LogP contribution in [0.1, 0.15) is 12.5 Å². The number of allylic oxidation sites excluding steroid dienone is 1. The molecule has 0 bridgehead atoms. The summed E-state index contributed by atoms with van der Waals surface area (Å²) in [5.74, 6) is 0.708. The van der Waals surface area contributed by atoms with E-state index in [0.717, 1.165) is 11.3 Å². The summed E-state index contributed by atoms with van der Waals surface area (Å²) in [6, 6.07) is 7.41. The first-order valence-corrected chi connectivity index (χ1v) is 5.04. The number of methoxy groups -OCH3 is 1. The Kier molecular flexibility index (Phi) is 4.92. The Balaban J connectivity index is 2.43. The molecular formula is C12H16N2O2. The van der Waals surface area contributed by atoms with Gasteiger partial charge in [-0.1, -0.05) is 18.2 Å². The summed E-state index contributed by atoms with van der Waals surface area (Å²) in [5.41, 5.74) is 6.17. The van der Waals surface area contributed by atoms with E-state index >= 15 is 0 Å². The molecule has 1 rings (SSSR count). The standard InChI is InChI=1S/C12H16N2O2/c1-3-8-13-14-12(15)9-10-4-6-11(16-2)7-5-10/h3-8,13H,9H2,1-2H3,(H,14,15)/b8-3+. The lowest BCUT2D eigenvalue weighted by Gasteiger charge is -2.05. The van der Waals surface area contributed by atoms with Crippen molar-refractivity contribution in [2.24, 2.45) is 0 Å². The van der Waals surface area contributed by atoms with Crippen molar-refractivity contribution in [3.8, 4) is 5.75 Å². The Hall–Kier alpha value is -1.97. The van der Waals surface area contributed by atoms with Crippen LogP contribution < -0.4 is 15.6 Å². The summed E-state index contributed by atoms with van der Waals surface area (Å²) in [6.45, 7) is 1.86. The predicted octanol–water partition coefficient (Wildman–Crippen LogP) is 1.39. The van der Waals surface area contributed by atoms with Gasteiger partial charge in [-0.3, -0.25) is 10.2 Å². The van der Waals surface area contributed by atoms with Crippen molar-refractivity contribution in [3.05, 3.63) is 42.1 Å². The van der Waals surface area contributed by atoms with E-state index in [1.54, 1.807) is 19.4 Å². The molecule has 0 saturated carbocycles. The van der Waals surface area contributed by atoms with E-state index in [1.807, 2.05) is 31.2 Å². The van der Waals surface area contributed by atoms with Crippen LogP contribution in [-0.4, -0.2) is 13.0 Å². The topological polar surface area (TPSA) is 50.4 Å². The largest absolute Gasteiger partial charge is 0.497 e. The Morgan fingerprint density at radius 3 is 2.62 bits per heavy atom. The average Bonchev–Trinajstić information content (AvgIpc) is 2.30. The van der Waals surface area contributed by atoms with Crippen LogP contribution >= 0.6 is 0 Å². The lowest BCUT2D eigenvalue weighted by atomic mass is 10.1. The lowest BCUT2D eigenvalue weighted by molar-refractivity contribution is -0.121. The second-order valence-corrected chi connectivity index (χ2v) is 3.22. The SMILES string of the molecule is C/C=C/NNC(=O)Cc1ccc(OC)cc1. The van der Waals surface area contributed by atoms with Gasteiger partial charge in [-0.25, -0.2) is 0 Å². The Labute approximate surface area is 95.3 Å². The first kappa shape index (κ1) is 12.1. The van der Waals surface area contributed by atoms with E-state index in [-0.39, 0.29) is 5.91 Å². The van der Waals surface area contributed by atoms with Crippen LogP contribution in [0.4, 0.5) is 0 Å². The third-order valence-electron chi connectivity index (χ3n) is 1.99. The van der Waals surface area contributed by atoms with Gasteiger partial charge in [-0.2, -0.15) is 0 Å². The summed E-state index contributed by atoms with van der Waals surface area (Å²) in [5, 5.41) is 0. The number of benzene rings is 1. The molecule has 1 amide bonds. The molecule has 0 atom stereocenters. The van der Waals surface area contributed by atoms with Crippen LogP contribution in [0.25, 0.3) is 0 Å². The minimum atomic E-state index is -0.0803. The second kappa shape index (κ2) is 6.50. The van der Waals surface area contributed by atoms with Crippen LogP contribution in [0.15, 0.2) is 36.5 Å². The van der Waals surface area contributed by atoms with Gasteiger partial charge >= 0.3 is 0 Å². The quantitative estimate of drug-likeness (QED) is 0.737. The third-order valence-corrected chi connectivity index (χ3v) is 1.99. The van der Waals surface area contributed by atoms with E-state index < -0.39 is 0 Å². The molecular weight excluding hydrogens is 204 g/mol. The molecule has 1 aromatic rings. The maximum atomic E-state index is 11.4. The fourth-order valence-electron chi connectivity index (χ4n) is 1.18. The summed E-state index contributed by atoms with van der Waals surface area (Å²) in [7, 11) is 1.61. The van der Waals surface area contributed by atoms with Crippen molar-refractivity contribution in [2.75, 3.05) is 7.11 Å². The summed E-state index contributed by atoms with van der Waals surface area (Å²) in [6.07, 6.45) is 3.80. The number of rotatable bonds is 5. The minimum Gasteiger partial charge on any atom is -0.497 e. The highest BCUT2D eigenvalue weighted by atomic mass is 16.5.